The van der Waals surface area contributed by atoms with Gasteiger partial charge in [0.1, 0.15) is 0 Å². The van der Waals surface area contributed by atoms with E-state index >= 15 is 0 Å². The number of hydrogen-bond acceptors (Lipinski definition) is 3. The minimum absolute atomic E-state index is 0.220. The van der Waals surface area contributed by atoms with Crippen molar-refractivity contribution in [3.05, 3.63) is 42.0 Å². The van der Waals surface area contributed by atoms with E-state index in [-0.39, 0.29) is 4.90 Å². The van der Waals surface area contributed by atoms with E-state index in [1.165, 1.54) is 0 Å². The van der Waals surface area contributed by atoms with Crippen LogP contribution in [0.3, 0.4) is 0 Å². The Bertz CT molecular complexity index is 587. The Hall–Kier alpha value is -1.62. The molecule has 4 nitrogen and oxygen atoms in total. The first-order chi connectivity index (χ1) is 9.35. The Morgan fingerprint density at radius 2 is 1.90 bits per heavy atom. The minimum Gasteiger partial charge on any atom is -0.200 e. The van der Waals surface area contributed by atoms with Crippen molar-refractivity contribution in [3.8, 4) is 0 Å². The molecule has 0 amide bonds. The van der Waals surface area contributed by atoms with Crippen molar-refractivity contribution in [1.82, 2.24) is 4.83 Å². The van der Waals surface area contributed by atoms with Crippen molar-refractivity contribution in [2.24, 2.45) is 5.10 Å². The third-order valence-corrected chi connectivity index (χ3v) is 3.92. The van der Waals surface area contributed by atoms with Crippen molar-refractivity contribution in [3.63, 3.8) is 0 Å². The van der Waals surface area contributed by atoms with Gasteiger partial charge in [-0.3, -0.25) is 0 Å². The lowest BCUT2D eigenvalue weighted by Crippen LogP contribution is -2.20. The molecule has 0 saturated carbocycles. The Labute approximate surface area is 121 Å². The van der Waals surface area contributed by atoms with Crippen LogP contribution in [0.4, 0.5) is 0 Å². The lowest BCUT2D eigenvalue weighted by molar-refractivity contribution is 0.584. The molecule has 0 aliphatic carbocycles. The SMILES string of the molecule is C=C(C)C/C(CCC)=N\NS(=O)(=O)c1ccc(C)cc1. The molecular weight excluding hydrogens is 272 g/mol. The van der Waals surface area contributed by atoms with Gasteiger partial charge in [0.2, 0.25) is 0 Å². The molecule has 0 radical (unpaired) electrons. The summed E-state index contributed by atoms with van der Waals surface area (Å²) in [5.41, 5.74) is 2.78. The molecule has 0 aliphatic heterocycles. The maximum absolute atomic E-state index is 12.1. The first-order valence-corrected chi connectivity index (χ1v) is 8.11. The molecule has 110 valence electrons. The highest BCUT2D eigenvalue weighted by atomic mass is 32.2. The van der Waals surface area contributed by atoms with Crippen LogP contribution in [-0.2, 0) is 10.0 Å². The predicted molar refractivity (Wildman–Crippen MR) is 83.3 cm³/mol. The van der Waals surface area contributed by atoms with Gasteiger partial charge in [-0.2, -0.15) is 13.5 Å². The van der Waals surface area contributed by atoms with Crippen molar-refractivity contribution >= 4 is 15.7 Å². The van der Waals surface area contributed by atoms with Gasteiger partial charge < -0.3 is 0 Å². The molecule has 20 heavy (non-hydrogen) atoms. The Morgan fingerprint density at radius 3 is 2.40 bits per heavy atom. The molecule has 1 rings (SSSR count). The monoisotopic (exact) mass is 294 g/mol. The van der Waals surface area contributed by atoms with Gasteiger partial charge in [0, 0.05) is 12.1 Å². The van der Waals surface area contributed by atoms with E-state index in [0.29, 0.717) is 6.42 Å². The van der Waals surface area contributed by atoms with Crippen LogP contribution in [0.15, 0.2) is 46.4 Å². The highest BCUT2D eigenvalue weighted by Gasteiger charge is 2.12. The third kappa shape index (κ3) is 5.17. The van der Waals surface area contributed by atoms with Crippen LogP contribution < -0.4 is 4.83 Å². The van der Waals surface area contributed by atoms with Crippen LogP contribution in [-0.4, -0.2) is 14.1 Å². The lowest BCUT2D eigenvalue weighted by atomic mass is 10.1. The first-order valence-electron chi connectivity index (χ1n) is 6.63. The molecule has 0 aliphatic rings. The normalized spacial score (nSPS) is 12.2. The van der Waals surface area contributed by atoms with E-state index in [0.717, 1.165) is 29.7 Å². The maximum atomic E-state index is 12.1. The van der Waals surface area contributed by atoms with E-state index in [2.05, 4.69) is 16.5 Å². The molecule has 0 saturated heterocycles. The summed E-state index contributed by atoms with van der Waals surface area (Å²) >= 11 is 0. The summed E-state index contributed by atoms with van der Waals surface area (Å²) < 4.78 is 24.2. The number of aryl methyl sites for hydroxylation is 1. The summed E-state index contributed by atoms with van der Waals surface area (Å²) in [4.78, 5) is 2.52. The fraction of sp³-hybridized carbons (Fsp3) is 0.400. The van der Waals surface area contributed by atoms with Crippen LogP contribution in [0.2, 0.25) is 0 Å². The van der Waals surface area contributed by atoms with Crippen LogP contribution >= 0.6 is 0 Å². The lowest BCUT2D eigenvalue weighted by Gasteiger charge is -2.08. The van der Waals surface area contributed by atoms with Crippen molar-refractivity contribution in [2.75, 3.05) is 0 Å². The number of benzene rings is 1. The zero-order chi connectivity index (χ0) is 15.2. The third-order valence-electron chi connectivity index (χ3n) is 2.70. The van der Waals surface area contributed by atoms with Crippen molar-refractivity contribution in [1.29, 1.82) is 0 Å². The molecule has 0 heterocycles. The average Bonchev–Trinajstić information content (AvgIpc) is 2.36. The second kappa shape index (κ2) is 7.24. The van der Waals surface area contributed by atoms with Gasteiger partial charge >= 0.3 is 0 Å². The van der Waals surface area contributed by atoms with Gasteiger partial charge in [0.15, 0.2) is 0 Å². The number of sulfonamides is 1. The summed E-state index contributed by atoms with van der Waals surface area (Å²) in [6.07, 6.45) is 2.28. The van der Waals surface area contributed by atoms with Gasteiger partial charge in [0.25, 0.3) is 10.0 Å². The van der Waals surface area contributed by atoms with E-state index in [4.69, 9.17) is 0 Å². The zero-order valence-corrected chi connectivity index (χ0v) is 13.1. The van der Waals surface area contributed by atoms with Crippen LogP contribution in [0.5, 0.6) is 0 Å². The van der Waals surface area contributed by atoms with E-state index in [1.807, 2.05) is 20.8 Å². The van der Waals surface area contributed by atoms with E-state index in [9.17, 15) is 8.42 Å². The van der Waals surface area contributed by atoms with Gasteiger partial charge in [-0.1, -0.05) is 43.2 Å². The Balaban J connectivity index is 2.88. The minimum atomic E-state index is -3.59. The summed E-state index contributed by atoms with van der Waals surface area (Å²) in [7, 11) is -3.59. The number of hydrogen-bond donors (Lipinski definition) is 1. The fourth-order valence-corrected chi connectivity index (χ4v) is 2.56. The van der Waals surface area contributed by atoms with Crippen molar-refractivity contribution < 1.29 is 8.42 Å². The molecule has 1 N–H and O–H groups in total. The molecular formula is C15H22N2O2S. The number of nitrogens with one attached hydrogen (secondary N) is 1. The molecule has 1 aromatic carbocycles. The van der Waals surface area contributed by atoms with Crippen LogP contribution in [0, 0.1) is 6.92 Å². The van der Waals surface area contributed by atoms with Gasteiger partial charge in [-0.25, -0.2) is 4.83 Å². The Morgan fingerprint density at radius 1 is 1.30 bits per heavy atom. The second-order valence-electron chi connectivity index (χ2n) is 4.97. The quantitative estimate of drug-likeness (QED) is 0.476. The Kier molecular flexibility index (Phi) is 5.95. The molecule has 5 heteroatoms. The highest BCUT2D eigenvalue weighted by molar-refractivity contribution is 7.89. The molecule has 0 fully saturated rings. The summed E-state index contributed by atoms with van der Waals surface area (Å²) in [6.45, 7) is 9.67. The van der Waals surface area contributed by atoms with E-state index in [1.54, 1.807) is 24.3 Å². The predicted octanol–water partition coefficient (Wildman–Crippen LogP) is 3.40. The van der Waals surface area contributed by atoms with Gasteiger partial charge in [0.05, 0.1) is 4.90 Å². The zero-order valence-electron chi connectivity index (χ0n) is 12.3. The molecule has 0 bridgehead atoms. The van der Waals surface area contributed by atoms with Crippen molar-refractivity contribution in [2.45, 2.75) is 44.9 Å². The first kappa shape index (κ1) is 16.4. The number of allylic oxidation sites excluding steroid dienone is 1. The van der Waals surface area contributed by atoms with Crippen LogP contribution in [0.1, 0.15) is 38.7 Å². The number of nitrogens with zero attached hydrogens (tertiary/aromatic N) is 1. The van der Waals surface area contributed by atoms with E-state index < -0.39 is 10.0 Å². The fourth-order valence-electron chi connectivity index (χ4n) is 1.72. The second-order valence-corrected chi connectivity index (χ2v) is 6.63. The largest absolute Gasteiger partial charge is 0.276 e. The standard InChI is InChI=1S/C15H22N2O2S/c1-5-6-14(11-12(2)3)16-17-20(18,19)15-9-7-13(4)8-10-15/h7-10,17H,2,5-6,11H2,1,3-4H3/b16-14-. The number of hydrazone groups is 1. The topological polar surface area (TPSA) is 58.5 Å². The summed E-state index contributed by atoms with van der Waals surface area (Å²) in [5.74, 6) is 0. The molecule has 1 aromatic rings. The molecule has 0 unspecified atom stereocenters. The molecule has 0 spiro atoms. The molecule has 0 aromatic heterocycles. The maximum Gasteiger partial charge on any atom is 0.276 e. The van der Waals surface area contributed by atoms with Gasteiger partial charge in [-0.05, 0) is 32.4 Å². The van der Waals surface area contributed by atoms with Crippen LogP contribution in [0.25, 0.3) is 0 Å². The average molecular weight is 294 g/mol. The number of rotatable bonds is 7. The smallest absolute Gasteiger partial charge is 0.200 e. The highest BCUT2D eigenvalue weighted by Crippen LogP contribution is 2.10. The molecule has 0 atom stereocenters. The van der Waals surface area contributed by atoms with Gasteiger partial charge in [-0.15, -0.1) is 0 Å². The summed E-state index contributed by atoms with van der Waals surface area (Å²) in [5, 5.41) is 4.04. The summed E-state index contributed by atoms with van der Waals surface area (Å²) in [6, 6.07) is 6.68.